The quantitative estimate of drug-likeness (QED) is 0.766. The highest BCUT2D eigenvalue weighted by Crippen LogP contribution is 2.24. The van der Waals surface area contributed by atoms with Crippen LogP contribution < -0.4 is 5.32 Å². The summed E-state index contributed by atoms with van der Waals surface area (Å²) in [6.45, 7) is 3.06. The first-order valence-electron chi connectivity index (χ1n) is 7.02. The molecule has 2 amide bonds. The molecule has 19 heavy (non-hydrogen) atoms. The van der Waals surface area contributed by atoms with E-state index in [1.54, 1.807) is 0 Å². The zero-order valence-corrected chi connectivity index (χ0v) is 11.3. The smallest absolute Gasteiger partial charge is 0.326 e. The zero-order valence-electron chi connectivity index (χ0n) is 11.3. The van der Waals surface area contributed by atoms with Gasteiger partial charge in [-0.15, -0.1) is 0 Å². The van der Waals surface area contributed by atoms with E-state index in [9.17, 15) is 14.7 Å². The predicted molar refractivity (Wildman–Crippen MR) is 71.8 cm³/mol. The van der Waals surface area contributed by atoms with Gasteiger partial charge in [0.25, 0.3) is 0 Å². The first kappa shape index (κ1) is 13.9. The third-order valence-electron chi connectivity index (χ3n) is 4.13. The number of nitrogens with one attached hydrogen (secondary N) is 1. The average Bonchev–Trinajstić information content (AvgIpc) is 2.79. The molecule has 5 heteroatoms. The number of carboxylic acids is 1. The summed E-state index contributed by atoms with van der Waals surface area (Å²) in [5.74, 6) is -0.390. The fourth-order valence-corrected chi connectivity index (χ4v) is 2.93. The van der Waals surface area contributed by atoms with E-state index in [0.717, 1.165) is 25.7 Å². The zero-order chi connectivity index (χ0) is 13.8. The van der Waals surface area contributed by atoms with Gasteiger partial charge in [-0.2, -0.15) is 0 Å². The van der Waals surface area contributed by atoms with Crippen LogP contribution in [0, 0.1) is 11.8 Å². The lowest BCUT2D eigenvalue weighted by Crippen LogP contribution is -2.48. The van der Waals surface area contributed by atoms with Crippen LogP contribution in [-0.4, -0.2) is 41.1 Å². The van der Waals surface area contributed by atoms with E-state index < -0.39 is 12.0 Å². The maximum atomic E-state index is 12.1. The third kappa shape index (κ3) is 3.28. The van der Waals surface area contributed by atoms with Crippen LogP contribution >= 0.6 is 0 Å². The molecule has 2 N–H and O–H groups in total. The molecule has 0 saturated carbocycles. The lowest BCUT2D eigenvalue weighted by atomic mass is 9.94. The minimum atomic E-state index is -0.902. The molecular weight excluding hydrogens is 244 g/mol. The summed E-state index contributed by atoms with van der Waals surface area (Å²) in [5.41, 5.74) is 0. The summed E-state index contributed by atoms with van der Waals surface area (Å²) < 4.78 is 0. The van der Waals surface area contributed by atoms with Gasteiger partial charge in [-0.3, -0.25) is 0 Å². The summed E-state index contributed by atoms with van der Waals surface area (Å²) in [6.07, 6.45) is 8.24. The Morgan fingerprint density at radius 2 is 2.16 bits per heavy atom. The average molecular weight is 266 g/mol. The van der Waals surface area contributed by atoms with Gasteiger partial charge >= 0.3 is 12.0 Å². The second-order valence-corrected chi connectivity index (χ2v) is 5.58. The molecular formula is C14H22N2O3. The molecule has 3 unspecified atom stereocenters. The van der Waals surface area contributed by atoms with Gasteiger partial charge in [-0.05, 0) is 37.5 Å². The van der Waals surface area contributed by atoms with Crippen LogP contribution in [0.3, 0.4) is 0 Å². The topological polar surface area (TPSA) is 69.6 Å². The molecule has 1 heterocycles. The predicted octanol–water partition coefficient (Wildman–Crippen LogP) is 1.85. The maximum Gasteiger partial charge on any atom is 0.326 e. The van der Waals surface area contributed by atoms with E-state index in [-0.39, 0.29) is 11.9 Å². The van der Waals surface area contributed by atoms with Crippen molar-refractivity contribution < 1.29 is 14.7 Å². The Labute approximate surface area is 113 Å². The fourth-order valence-electron chi connectivity index (χ4n) is 2.93. The second-order valence-electron chi connectivity index (χ2n) is 5.58. The Bertz CT molecular complexity index is 381. The van der Waals surface area contributed by atoms with Crippen molar-refractivity contribution in [2.45, 2.75) is 38.6 Å². The van der Waals surface area contributed by atoms with Gasteiger partial charge in [0, 0.05) is 13.1 Å². The highest BCUT2D eigenvalue weighted by molar-refractivity contribution is 5.83. The molecule has 0 aromatic rings. The number of hydrogen-bond acceptors (Lipinski definition) is 2. The SMILES string of the molecule is CC1CCN(C(=O)NCC2CC=CCC2)C1C(=O)O. The van der Waals surface area contributed by atoms with Gasteiger partial charge in [-0.1, -0.05) is 19.1 Å². The number of hydrogen-bond donors (Lipinski definition) is 2. The van der Waals surface area contributed by atoms with Gasteiger partial charge in [-0.25, -0.2) is 9.59 Å². The summed E-state index contributed by atoms with van der Waals surface area (Å²) in [5, 5.41) is 12.1. The van der Waals surface area contributed by atoms with Gasteiger partial charge in [0.1, 0.15) is 6.04 Å². The number of likely N-dealkylation sites (tertiary alicyclic amines) is 1. The Kier molecular flexibility index (Phi) is 4.45. The van der Waals surface area contributed by atoms with Gasteiger partial charge in [0.15, 0.2) is 0 Å². The number of carboxylic acid groups (broad SMARTS) is 1. The molecule has 2 aliphatic rings. The van der Waals surface area contributed by atoms with Crippen molar-refractivity contribution in [3.63, 3.8) is 0 Å². The number of carbonyl (C=O) groups excluding carboxylic acids is 1. The Balaban J connectivity index is 1.85. The number of nitrogens with zero attached hydrogens (tertiary/aromatic N) is 1. The number of rotatable bonds is 3. The monoisotopic (exact) mass is 266 g/mol. The van der Waals surface area contributed by atoms with Crippen LogP contribution in [0.25, 0.3) is 0 Å². The molecule has 106 valence electrons. The van der Waals surface area contributed by atoms with Crippen molar-refractivity contribution in [2.75, 3.05) is 13.1 Å². The van der Waals surface area contributed by atoms with Crippen LogP contribution in [0.4, 0.5) is 4.79 Å². The van der Waals surface area contributed by atoms with Crippen LogP contribution in [0.5, 0.6) is 0 Å². The van der Waals surface area contributed by atoms with Crippen LogP contribution in [0.2, 0.25) is 0 Å². The lowest BCUT2D eigenvalue weighted by Gasteiger charge is -2.25. The second kappa shape index (κ2) is 6.08. The standard InChI is InChI=1S/C14H22N2O3/c1-10-7-8-16(12(10)13(17)18)14(19)15-9-11-5-3-2-4-6-11/h2-3,10-12H,4-9H2,1H3,(H,15,19)(H,17,18). The Morgan fingerprint density at radius 1 is 1.37 bits per heavy atom. The fraction of sp³-hybridized carbons (Fsp3) is 0.714. The van der Waals surface area contributed by atoms with E-state index >= 15 is 0 Å². The molecule has 1 aliphatic heterocycles. The molecule has 0 radical (unpaired) electrons. The lowest BCUT2D eigenvalue weighted by molar-refractivity contribution is -0.142. The molecule has 0 bridgehead atoms. The summed E-state index contributed by atoms with van der Waals surface area (Å²) in [7, 11) is 0. The highest BCUT2D eigenvalue weighted by Gasteiger charge is 2.39. The third-order valence-corrected chi connectivity index (χ3v) is 4.13. The van der Waals surface area contributed by atoms with Crippen LogP contribution in [0.1, 0.15) is 32.6 Å². The van der Waals surface area contributed by atoms with Crippen molar-refractivity contribution >= 4 is 12.0 Å². The number of aliphatic carboxylic acids is 1. The van der Waals surface area contributed by atoms with Crippen molar-refractivity contribution in [1.82, 2.24) is 10.2 Å². The van der Waals surface area contributed by atoms with Crippen molar-refractivity contribution in [2.24, 2.45) is 11.8 Å². The molecule has 1 saturated heterocycles. The molecule has 0 aromatic carbocycles. The highest BCUT2D eigenvalue weighted by atomic mass is 16.4. The Hall–Kier alpha value is -1.52. The molecule has 3 atom stereocenters. The van der Waals surface area contributed by atoms with Crippen molar-refractivity contribution in [3.8, 4) is 0 Å². The van der Waals surface area contributed by atoms with Crippen molar-refractivity contribution in [1.29, 1.82) is 0 Å². The molecule has 5 nitrogen and oxygen atoms in total. The van der Waals surface area contributed by atoms with Gasteiger partial charge in [0.05, 0.1) is 0 Å². The largest absolute Gasteiger partial charge is 0.480 e. The molecule has 1 fully saturated rings. The van der Waals surface area contributed by atoms with E-state index in [2.05, 4.69) is 17.5 Å². The minimum absolute atomic E-state index is 0.0286. The number of urea groups is 1. The molecule has 0 spiro atoms. The maximum absolute atomic E-state index is 12.1. The molecule has 1 aliphatic carbocycles. The number of allylic oxidation sites excluding steroid dienone is 2. The van der Waals surface area contributed by atoms with Crippen LogP contribution in [0.15, 0.2) is 12.2 Å². The first-order valence-corrected chi connectivity index (χ1v) is 7.02. The van der Waals surface area contributed by atoms with E-state index in [0.29, 0.717) is 19.0 Å². The van der Waals surface area contributed by atoms with Crippen LogP contribution in [-0.2, 0) is 4.79 Å². The summed E-state index contributed by atoms with van der Waals surface area (Å²) >= 11 is 0. The normalized spacial score (nSPS) is 30.4. The summed E-state index contributed by atoms with van der Waals surface area (Å²) in [4.78, 5) is 24.7. The Morgan fingerprint density at radius 3 is 2.79 bits per heavy atom. The minimum Gasteiger partial charge on any atom is -0.480 e. The van der Waals surface area contributed by atoms with Gasteiger partial charge < -0.3 is 15.3 Å². The number of amides is 2. The number of carbonyl (C=O) groups is 2. The van der Waals surface area contributed by atoms with E-state index in [4.69, 9.17) is 0 Å². The van der Waals surface area contributed by atoms with E-state index in [1.165, 1.54) is 4.90 Å². The van der Waals surface area contributed by atoms with Crippen molar-refractivity contribution in [3.05, 3.63) is 12.2 Å². The molecule has 0 aromatic heterocycles. The summed E-state index contributed by atoms with van der Waals surface area (Å²) in [6, 6.07) is -0.905. The molecule has 2 rings (SSSR count). The van der Waals surface area contributed by atoms with Gasteiger partial charge in [0.2, 0.25) is 0 Å². The first-order chi connectivity index (χ1) is 9.09. The van der Waals surface area contributed by atoms with E-state index in [1.807, 2.05) is 6.92 Å².